The molecule has 0 aromatic heterocycles. The zero-order valence-electron chi connectivity index (χ0n) is 10.9. The molecule has 1 aliphatic heterocycles. The molecule has 3 heteroatoms. The van der Waals surface area contributed by atoms with Gasteiger partial charge in [-0.15, -0.1) is 0 Å². The van der Waals surface area contributed by atoms with Crippen LogP contribution in [0.3, 0.4) is 0 Å². The molecular weight excluding hydrogens is 212 g/mol. The molecule has 0 amide bonds. The zero-order valence-corrected chi connectivity index (χ0v) is 10.9. The predicted molar refractivity (Wildman–Crippen MR) is 71.4 cm³/mol. The third-order valence-electron chi connectivity index (χ3n) is 3.69. The molecule has 1 aromatic carbocycles. The summed E-state index contributed by atoms with van der Waals surface area (Å²) in [5.41, 5.74) is 2.72. The molecule has 17 heavy (non-hydrogen) atoms. The van der Waals surface area contributed by atoms with Crippen LogP contribution in [-0.2, 0) is 11.3 Å². The maximum Gasteiger partial charge on any atom is 0.0743 e. The number of para-hydroxylation sites is 1. The molecule has 0 saturated heterocycles. The second-order valence-electron chi connectivity index (χ2n) is 4.68. The summed E-state index contributed by atoms with van der Waals surface area (Å²) < 4.78 is 5.46. The lowest BCUT2D eigenvalue weighted by molar-refractivity contribution is 0.0977. The van der Waals surface area contributed by atoms with Gasteiger partial charge in [-0.05, 0) is 25.5 Å². The van der Waals surface area contributed by atoms with Gasteiger partial charge in [-0.2, -0.15) is 0 Å². The van der Waals surface area contributed by atoms with Gasteiger partial charge in [-0.3, -0.25) is 0 Å². The van der Waals surface area contributed by atoms with Gasteiger partial charge in [0.25, 0.3) is 0 Å². The summed E-state index contributed by atoms with van der Waals surface area (Å²) in [4.78, 5) is 2.45. The van der Waals surface area contributed by atoms with Crippen LogP contribution in [0.15, 0.2) is 24.3 Å². The minimum Gasteiger partial charge on any atom is -0.380 e. The number of benzene rings is 1. The lowest BCUT2D eigenvalue weighted by Gasteiger charge is -2.34. The molecule has 2 rings (SSSR count). The van der Waals surface area contributed by atoms with Crippen LogP contribution < -0.4 is 10.2 Å². The van der Waals surface area contributed by atoms with Crippen molar-refractivity contribution in [2.45, 2.75) is 32.5 Å². The number of hydrogen-bond donors (Lipinski definition) is 1. The van der Waals surface area contributed by atoms with E-state index in [9.17, 15) is 0 Å². The van der Waals surface area contributed by atoms with Crippen molar-refractivity contribution in [3.8, 4) is 0 Å². The molecular formula is C14H22N2O. The molecule has 0 fully saturated rings. The highest BCUT2D eigenvalue weighted by molar-refractivity contribution is 5.55. The molecule has 3 nitrogen and oxygen atoms in total. The highest BCUT2D eigenvalue weighted by Crippen LogP contribution is 2.25. The Morgan fingerprint density at radius 1 is 1.29 bits per heavy atom. The van der Waals surface area contributed by atoms with Gasteiger partial charge < -0.3 is 15.0 Å². The standard InChI is InChI=1S/C14H22N2O/c1-11(12(2)17-3)16-9-8-15-10-13-6-4-5-7-14(13)16/h4-7,11-12,15H,8-10H2,1-3H3. The van der Waals surface area contributed by atoms with Gasteiger partial charge in [0, 0.05) is 32.4 Å². The van der Waals surface area contributed by atoms with Crippen LogP contribution in [0, 0.1) is 0 Å². The molecule has 1 aromatic rings. The Kier molecular flexibility index (Phi) is 4.02. The van der Waals surface area contributed by atoms with Crippen LogP contribution in [-0.4, -0.2) is 32.3 Å². The third-order valence-corrected chi connectivity index (χ3v) is 3.69. The lowest BCUT2D eigenvalue weighted by atomic mass is 10.1. The first kappa shape index (κ1) is 12.4. The Morgan fingerprint density at radius 2 is 2.06 bits per heavy atom. The minimum atomic E-state index is 0.237. The molecule has 0 spiro atoms. The predicted octanol–water partition coefficient (Wildman–Crippen LogP) is 2.02. The maximum absolute atomic E-state index is 5.46. The van der Waals surface area contributed by atoms with Crippen LogP contribution in [0.5, 0.6) is 0 Å². The molecule has 0 bridgehead atoms. The van der Waals surface area contributed by atoms with E-state index in [1.807, 2.05) is 0 Å². The molecule has 0 radical (unpaired) electrons. The van der Waals surface area contributed by atoms with Crippen molar-refractivity contribution < 1.29 is 4.74 Å². The molecule has 0 saturated carbocycles. The van der Waals surface area contributed by atoms with Crippen LogP contribution in [0.4, 0.5) is 5.69 Å². The quantitative estimate of drug-likeness (QED) is 0.866. The van der Waals surface area contributed by atoms with Crippen LogP contribution in [0.2, 0.25) is 0 Å². The molecule has 1 N–H and O–H groups in total. The smallest absolute Gasteiger partial charge is 0.0743 e. The zero-order chi connectivity index (χ0) is 12.3. The van der Waals surface area contributed by atoms with Gasteiger partial charge in [0.1, 0.15) is 0 Å². The SMILES string of the molecule is COC(C)C(C)N1CCNCc2ccccc21. The van der Waals surface area contributed by atoms with Gasteiger partial charge in [-0.1, -0.05) is 18.2 Å². The summed E-state index contributed by atoms with van der Waals surface area (Å²) >= 11 is 0. The van der Waals surface area contributed by atoms with Crippen molar-refractivity contribution >= 4 is 5.69 Å². The van der Waals surface area contributed by atoms with E-state index in [0.29, 0.717) is 6.04 Å². The monoisotopic (exact) mass is 234 g/mol. The first-order chi connectivity index (χ1) is 8.24. The second kappa shape index (κ2) is 5.52. The minimum absolute atomic E-state index is 0.237. The molecule has 1 heterocycles. The number of nitrogens with one attached hydrogen (secondary N) is 1. The van der Waals surface area contributed by atoms with Crippen LogP contribution in [0.25, 0.3) is 0 Å². The average Bonchev–Trinajstić information content (AvgIpc) is 2.59. The Morgan fingerprint density at radius 3 is 2.82 bits per heavy atom. The average molecular weight is 234 g/mol. The van der Waals surface area contributed by atoms with Crippen molar-refractivity contribution in [2.24, 2.45) is 0 Å². The Labute approximate surface area is 104 Å². The van der Waals surface area contributed by atoms with E-state index >= 15 is 0 Å². The van der Waals surface area contributed by atoms with Crippen molar-refractivity contribution in [1.82, 2.24) is 5.32 Å². The van der Waals surface area contributed by atoms with Crippen molar-refractivity contribution in [2.75, 3.05) is 25.1 Å². The Bertz CT molecular complexity index is 367. The van der Waals surface area contributed by atoms with E-state index in [2.05, 4.69) is 48.3 Å². The summed E-state index contributed by atoms with van der Waals surface area (Å²) in [6.07, 6.45) is 0.237. The van der Waals surface area contributed by atoms with E-state index < -0.39 is 0 Å². The van der Waals surface area contributed by atoms with E-state index in [-0.39, 0.29) is 6.10 Å². The van der Waals surface area contributed by atoms with Gasteiger partial charge in [0.2, 0.25) is 0 Å². The summed E-state index contributed by atoms with van der Waals surface area (Å²) in [5.74, 6) is 0. The van der Waals surface area contributed by atoms with Crippen molar-refractivity contribution in [1.29, 1.82) is 0 Å². The number of fused-ring (bicyclic) bond motifs is 1. The number of rotatable bonds is 3. The highest BCUT2D eigenvalue weighted by Gasteiger charge is 2.23. The molecule has 2 unspecified atom stereocenters. The fourth-order valence-corrected chi connectivity index (χ4v) is 2.36. The number of ether oxygens (including phenoxy) is 1. The summed E-state index contributed by atoms with van der Waals surface area (Å²) in [6.45, 7) is 7.38. The van der Waals surface area contributed by atoms with Crippen molar-refractivity contribution in [3.05, 3.63) is 29.8 Å². The van der Waals surface area contributed by atoms with Gasteiger partial charge in [0.15, 0.2) is 0 Å². The first-order valence-corrected chi connectivity index (χ1v) is 6.32. The number of anilines is 1. The summed E-state index contributed by atoms with van der Waals surface area (Å²) in [5, 5.41) is 3.46. The van der Waals surface area contributed by atoms with E-state index in [1.165, 1.54) is 11.3 Å². The topological polar surface area (TPSA) is 24.5 Å². The Balaban J connectivity index is 2.28. The highest BCUT2D eigenvalue weighted by atomic mass is 16.5. The second-order valence-corrected chi connectivity index (χ2v) is 4.68. The van der Waals surface area contributed by atoms with E-state index in [4.69, 9.17) is 4.74 Å². The van der Waals surface area contributed by atoms with Gasteiger partial charge in [-0.25, -0.2) is 0 Å². The largest absolute Gasteiger partial charge is 0.380 e. The van der Waals surface area contributed by atoms with Crippen molar-refractivity contribution in [3.63, 3.8) is 0 Å². The maximum atomic E-state index is 5.46. The number of methoxy groups -OCH3 is 1. The lowest BCUT2D eigenvalue weighted by Crippen LogP contribution is -2.43. The molecule has 94 valence electrons. The van der Waals surface area contributed by atoms with E-state index in [1.54, 1.807) is 7.11 Å². The normalized spacial score (nSPS) is 19.4. The van der Waals surface area contributed by atoms with Gasteiger partial charge >= 0.3 is 0 Å². The fraction of sp³-hybridized carbons (Fsp3) is 0.571. The Hall–Kier alpha value is -1.06. The van der Waals surface area contributed by atoms with E-state index in [0.717, 1.165) is 19.6 Å². The molecule has 0 aliphatic carbocycles. The van der Waals surface area contributed by atoms with Gasteiger partial charge in [0.05, 0.1) is 12.1 Å². The van der Waals surface area contributed by atoms with Crippen LogP contribution in [0.1, 0.15) is 19.4 Å². The molecule has 2 atom stereocenters. The first-order valence-electron chi connectivity index (χ1n) is 6.32. The van der Waals surface area contributed by atoms with Crippen LogP contribution >= 0.6 is 0 Å². The number of hydrogen-bond acceptors (Lipinski definition) is 3. The fourth-order valence-electron chi connectivity index (χ4n) is 2.36. The number of nitrogens with zero attached hydrogens (tertiary/aromatic N) is 1. The third kappa shape index (κ3) is 2.61. The summed E-state index contributed by atoms with van der Waals surface area (Å²) in [7, 11) is 1.78. The molecule has 1 aliphatic rings. The summed E-state index contributed by atoms with van der Waals surface area (Å²) in [6, 6.07) is 9.02.